The summed E-state index contributed by atoms with van der Waals surface area (Å²) < 4.78 is 46.7. The van der Waals surface area contributed by atoms with Crippen molar-refractivity contribution in [3.05, 3.63) is 253 Å². The molecule has 0 amide bonds. The van der Waals surface area contributed by atoms with Gasteiger partial charge in [0.15, 0.2) is 0 Å². The van der Waals surface area contributed by atoms with Gasteiger partial charge >= 0.3 is 11.4 Å². The molecule has 534 valence electrons. The SMILES string of the molecule is CCC(C)n1ncn(-c2ccc(N3CCN(c4ccc(OCC5COC(Cc6cncnc6)(c6ccc(Cl)cc6Cl)O5)cc4)CC3)cc2)c1=O.CCC(C)n1ncn(-c2ccc(N3CCN(c4ccc(OCC5COC(Cn6cnc7ccccc76)(c6ccc(Cl)cc6Cl)O5)cc4)CC3)cc2)c1=O. The van der Waals surface area contributed by atoms with Gasteiger partial charge in [-0.25, -0.2) is 43.0 Å². The molecule has 6 atom stereocenters. The normalized spacial score (nSPS) is 19.7. The maximum Gasteiger partial charge on any atom is 0.350 e. The lowest BCUT2D eigenvalue weighted by molar-refractivity contribution is -0.188. The quantitative estimate of drug-likeness (QED) is 0.0622. The van der Waals surface area contributed by atoms with Crippen LogP contribution in [-0.4, -0.2) is 139 Å². The van der Waals surface area contributed by atoms with Crippen molar-refractivity contribution in [1.82, 2.24) is 48.2 Å². The van der Waals surface area contributed by atoms with Crippen molar-refractivity contribution in [1.29, 1.82) is 0 Å². The molecule has 26 heteroatoms. The summed E-state index contributed by atoms with van der Waals surface area (Å²) in [7, 11) is 0. The van der Waals surface area contributed by atoms with Crippen LogP contribution in [-0.2, 0) is 43.5 Å². The highest BCUT2D eigenvalue weighted by molar-refractivity contribution is 6.35. The van der Waals surface area contributed by atoms with Gasteiger partial charge in [0.1, 0.15) is 55.9 Å². The monoisotopic (exact) mass is 1470 g/mol. The van der Waals surface area contributed by atoms with E-state index in [4.69, 9.17) is 74.8 Å². The molecule has 11 aromatic rings. The fourth-order valence-corrected chi connectivity index (χ4v) is 14.6. The first-order chi connectivity index (χ1) is 50.1. The van der Waals surface area contributed by atoms with Gasteiger partial charge in [-0.1, -0.05) is 84.5 Å². The van der Waals surface area contributed by atoms with Gasteiger partial charge in [-0.2, -0.15) is 10.2 Å². The number of ether oxygens (including phenoxy) is 6. The number of imidazole rings is 1. The summed E-state index contributed by atoms with van der Waals surface area (Å²) in [4.78, 5) is 48.0. The molecule has 6 unspecified atom stereocenters. The number of nitrogens with zero attached hydrogens (tertiary/aromatic N) is 14. The Morgan fingerprint density at radius 1 is 0.505 bits per heavy atom. The molecule has 4 aromatic heterocycles. The van der Waals surface area contributed by atoms with Gasteiger partial charge < -0.3 is 52.6 Å². The molecule has 0 N–H and O–H groups in total. The molecule has 15 rings (SSSR count). The smallest absolute Gasteiger partial charge is 0.350 e. The largest absolute Gasteiger partial charge is 0.491 e. The summed E-state index contributed by atoms with van der Waals surface area (Å²) in [6.45, 7) is 16.8. The predicted molar refractivity (Wildman–Crippen MR) is 402 cm³/mol. The summed E-state index contributed by atoms with van der Waals surface area (Å²) in [6.07, 6.45) is 11.4. The predicted octanol–water partition coefficient (Wildman–Crippen LogP) is 13.7. The van der Waals surface area contributed by atoms with Crippen LogP contribution >= 0.6 is 46.4 Å². The Bertz CT molecular complexity index is 4800. The maximum absolute atomic E-state index is 12.8. The molecule has 4 fully saturated rings. The minimum absolute atomic E-state index is 0.0634. The van der Waals surface area contributed by atoms with Crippen molar-refractivity contribution in [3.63, 3.8) is 0 Å². The van der Waals surface area contributed by atoms with E-state index in [9.17, 15) is 9.59 Å². The van der Waals surface area contributed by atoms with Crippen LogP contribution in [0.15, 0.2) is 205 Å². The van der Waals surface area contributed by atoms with Crippen LogP contribution < -0.4 is 40.5 Å². The van der Waals surface area contributed by atoms with Crippen molar-refractivity contribution in [2.24, 2.45) is 0 Å². The first-order valence-corrected chi connectivity index (χ1v) is 36.3. The highest BCUT2D eigenvalue weighted by Gasteiger charge is 2.47. The molecule has 0 spiro atoms. The minimum atomic E-state index is -1.15. The first kappa shape index (κ1) is 70.8. The van der Waals surface area contributed by atoms with Crippen LogP contribution in [0.4, 0.5) is 22.7 Å². The summed E-state index contributed by atoms with van der Waals surface area (Å²) in [6, 6.07) is 51.4. The lowest BCUT2D eigenvalue weighted by Crippen LogP contribution is -2.46. The molecule has 0 bridgehead atoms. The van der Waals surface area contributed by atoms with Crippen molar-refractivity contribution < 1.29 is 28.4 Å². The third-order valence-corrected chi connectivity index (χ3v) is 20.7. The number of aromatic nitrogens is 10. The van der Waals surface area contributed by atoms with Crippen LogP contribution in [0.2, 0.25) is 20.1 Å². The van der Waals surface area contributed by atoms with Gasteiger partial charge in [0.05, 0.1) is 70.6 Å². The topological polar surface area (TPSA) is 192 Å². The summed E-state index contributed by atoms with van der Waals surface area (Å²) in [5.74, 6) is -0.759. The van der Waals surface area contributed by atoms with E-state index in [0.29, 0.717) is 70.6 Å². The van der Waals surface area contributed by atoms with Crippen LogP contribution in [0.1, 0.15) is 69.3 Å². The summed E-state index contributed by atoms with van der Waals surface area (Å²) in [5, 5.41) is 10.6. The Labute approximate surface area is 617 Å². The van der Waals surface area contributed by atoms with E-state index in [1.54, 1.807) is 74.1 Å². The maximum atomic E-state index is 12.8. The fraction of sp³-hybridized carbons (Fsp3) is 0.338. The number of para-hydroxylation sites is 2. The highest BCUT2D eigenvalue weighted by atomic mass is 35.5. The molecular formula is C77H80Cl4N14O8. The Hall–Kier alpha value is -9.23. The average Bonchev–Trinajstić information content (AvgIpc) is 1.66. The molecule has 22 nitrogen and oxygen atoms in total. The van der Waals surface area contributed by atoms with E-state index in [1.165, 1.54) is 6.33 Å². The molecular weight excluding hydrogens is 1390 g/mol. The lowest BCUT2D eigenvalue weighted by atomic mass is 9.99. The minimum Gasteiger partial charge on any atom is -0.491 e. The van der Waals surface area contributed by atoms with Gasteiger partial charge in [-0.15, -0.1) is 0 Å². The number of halogens is 4. The van der Waals surface area contributed by atoms with Crippen molar-refractivity contribution in [3.8, 4) is 22.9 Å². The summed E-state index contributed by atoms with van der Waals surface area (Å²) >= 11 is 25.8. The molecule has 8 heterocycles. The van der Waals surface area contributed by atoms with Gasteiger partial charge in [0, 0.05) is 115 Å². The third-order valence-electron chi connectivity index (χ3n) is 19.6. The second-order valence-corrected chi connectivity index (χ2v) is 27.9. The average molecular weight is 1470 g/mol. The van der Waals surface area contributed by atoms with Gasteiger partial charge in [0.25, 0.3) is 0 Å². The van der Waals surface area contributed by atoms with Crippen LogP contribution in [0.5, 0.6) is 11.5 Å². The Morgan fingerprint density at radius 3 is 1.36 bits per heavy atom. The number of fused-ring (bicyclic) bond motifs is 1. The molecule has 4 saturated heterocycles. The van der Waals surface area contributed by atoms with Gasteiger partial charge in [0.2, 0.25) is 11.6 Å². The van der Waals surface area contributed by atoms with E-state index >= 15 is 0 Å². The van der Waals surface area contributed by atoms with Gasteiger partial charge in [-0.3, -0.25) is 0 Å². The first-order valence-electron chi connectivity index (χ1n) is 34.8. The number of hydrogen-bond acceptors (Lipinski definition) is 17. The van der Waals surface area contributed by atoms with Crippen molar-refractivity contribution in [2.45, 2.75) is 89.4 Å². The van der Waals surface area contributed by atoms with Crippen molar-refractivity contribution in [2.75, 3.05) is 98.4 Å². The zero-order chi connectivity index (χ0) is 71.2. The Balaban J connectivity index is 0.000000175. The second-order valence-electron chi connectivity index (χ2n) is 26.2. The van der Waals surface area contributed by atoms with E-state index < -0.39 is 11.6 Å². The van der Waals surface area contributed by atoms with E-state index in [-0.39, 0.29) is 35.7 Å². The van der Waals surface area contributed by atoms with Crippen LogP contribution in [0, 0.1) is 0 Å². The highest BCUT2D eigenvalue weighted by Crippen LogP contribution is 2.44. The van der Waals surface area contributed by atoms with Crippen LogP contribution in [0.25, 0.3) is 22.4 Å². The van der Waals surface area contributed by atoms with E-state index in [1.807, 2.05) is 110 Å². The Morgan fingerprint density at radius 2 is 0.913 bits per heavy atom. The fourth-order valence-electron chi connectivity index (χ4n) is 13.5. The molecule has 0 aliphatic carbocycles. The standard InChI is InChI=1S/C40H41Cl2N7O4.C37H39Cl2N7O4/c1-3-28(2)49-39(50)48(27-44-49)32-11-9-30(10-12-32)45-18-20-46(21-19-45)31-13-15-33(16-14-31)51-23-34-24-52-40(53-34,35-17-8-29(41)22-36(35)42)25-47-26-43-37-6-4-5-7-38(37)47;1-3-26(2)46-36(47)45(25-42-46)31-7-5-29(6-8-31)43-14-16-44(17-15-43)30-9-11-32(12-10-30)48-22-33-23-49-37(50-33,19-27-20-40-24-41-21-27)34-13-4-28(38)18-35(34)39/h4-17,22,26-28,34H,3,18-21,23-25H2,1-2H3;4-13,18,20-21,24-26,33H,3,14-17,19,22-23H2,1-2H3. The zero-order valence-corrected chi connectivity index (χ0v) is 60.7. The number of benzene rings is 7. The van der Waals surface area contributed by atoms with Crippen molar-refractivity contribution >= 4 is 80.2 Å². The van der Waals surface area contributed by atoms with E-state index in [0.717, 1.165) is 127 Å². The zero-order valence-electron chi connectivity index (χ0n) is 57.6. The number of anilines is 4. The lowest BCUT2D eigenvalue weighted by Gasteiger charge is -2.37. The molecule has 103 heavy (non-hydrogen) atoms. The molecule has 4 aliphatic rings. The Kier molecular flexibility index (Phi) is 21.6. The molecule has 0 saturated carbocycles. The number of rotatable bonds is 22. The number of hydrogen-bond donors (Lipinski definition) is 0. The summed E-state index contributed by atoms with van der Waals surface area (Å²) in [5.41, 5.74) is 10.1. The molecule has 7 aromatic carbocycles. The molecule has 0 radical (unpaired) electrons. The van der Waals surface area contributed by atoms with Gasteiger partial charge in [-0.05, 0) is 166 Å². The van der Waals surface area contributed by atoms with Crippen LogP contribution in [0.3, 0.4) is 0 Å². The number of piperazine rings is 2. The van der Waals surface area contributed by atoms with E-state index in [2.05, 4.69) is 100 Å². The molecule has 4 aliphatic heterocycles. The third kappa shape index (κ3) is 15.7. The second kappa shape index (κ2) is 31.4.